The van der Waals surface area contributed by atoms with Gasteiger partial charge in [0, 0.05) is 38.5 Å². The Morgan fingerprint density at radius 2 is 1.56 bits per heavy atom. The van der Waals surface area contributed by atoms with Gasteiger partial charge in [0.1, 0.15) is 54.0 Å². The highest BCUT2D eigenvalue weighted by molar-refractivity contribution is 7.46. The molecule has 9 atom stereocenters. The maximum atomic E-state index is 15.0. The van der Waals surface area contributed by atoms with Crippen molar-refractivity contribution in [2.45, 2.75) is 109 Å². The van der Waals surface area contributed by atoms with E-state index < -0.39 is 129 Å². The zero-order valence-corrected chi connectivity index (χ0v) is 36.8. The summed E-state index contributed by atoms with van der Waals surface area (Å²) in [6.07, 6.45) is -4.10. The molecule has 19 nitrogen and oxygen atoms in total. The molecule has 0 saturated carbocycles. The quantitative estimate of drug-likeness (QED) is 0.168. The highest BCUT2D eigenvalue weighted by atomic mass is 31.2. The maximum Gasteiger partial charge on any atom is 0.469 e. The molecule has 2 aromatic carbocycles. The smallest absolute Gasteiger partial charge is 0.458 e. The molecule has 0 aliphatic carbocycles. The van der Waals surface area contributed by atoms with Crippen molar-refractivity contribution in [2.75, 3.05) is 32.8 Å². The summed E-state index contributed by atoms with van der Waals surface area (Å²) in [5, 5.41) is 7.71. The molecular formula is C42H53F2N6O13P. The molecule has 6 amide bonds. The number of rotatable bonds is 9. The number of phosphoric acid groups is 1. The molecule has 348 valence electrons. The van der Waals surface area contributed by atoms with Crippen LogP contribution in [0.1, 0.15) is 55.9 Å². The van der Waals surface area contributed by atoms with Crippen LogP contribution in [0.4, 0.5) is 8.78 Å². The number of benzene rings is 2. The number of hydrogen-bond acceptors (Lipinski definition) is 11. The van der Waals surface area contributed by atoms with E-state index in [1.54, 1.807) is 19.1 Å². The number of esters is 1. The van der Waals surface area contributed by atoms with E-state index in [4.69, 9.17) is 14.0 Å². The van der Waals surface area contributed by atoms with Crippen molar-refractivity contribution in [1.82, 2.24) is 30.7 Å². The standard InChI is InChI=1S/C42H53F2N6O13P/c1-21-10-33-42(57)62-25(5)36(47-37(52)31(14-27-12-28(43)16-29(44)13-27)46-35(51)15-26-7-6-22(2)23(3)11-26)41(56)50-19-30(63-64(58,59)60)17-32(50)40(55)48-8-9-61-20-34(48)38(53)45-24(4)39(54)49(33)18-21/h6-7,11-13,16,21,24-25,30-34,36H,8-10,14-15,17-20H2,1-5H3,(H,45,53)(H,46,51)(H,47,52)(H2,58,59,60)/t21-,24+,25+,30-,31+,32+,33+,34+,36+/m1/s1. The largest absolute Gasteiger partial charge is 0.469 e. The third-order valence-electron chi connectivity index (χ3n) is 11.9. The summed E-state index contributed by atoms with van der Waals surface area (Å²) < 4.78 is 57.3. The maximum absolute atomic E-state index is 15.0. The summed E-state index contributed by atoms with van der Waals surface area (Å²) >= 11 is 0. The molecular weight excluding hydrogens is 865 g/mol. The van der Waals surface area contributed by atoms with Crippen LogP contribution in [0.3, 0.4) is 0 Å². The predicted octanol–water partition coefficient (Wildman–Crippen LogP) is 0.330. The Bertz CT molecular complexity index is 2210. The first kappa shape index (κ1) is 48.1. The van der Waals surface area contributed by atoms with E-state index in [1.165, 1.54) is 18.7 Å². The third-order valence-corrected chi connectivity index (χ3v) is 12.5. The molecule has 5 N–H and O–H groups in total. The number of ether oxygens (including phenoxy) is 2. The minimum absolute atomic E-state index is 0.0298. The second-order valence-electron chi connectivity index (χ2n) is 17.0. The summed E-state index contributed by atoms with van der Waals surface area (Å²) in [5.41, 5.74) is 2.40. The van der Waals surface area contributed by atoms with Gasteiger partial charge < -0.3 is 49.9 Å². The van der Waals surface area contributed by atoms with E-state index in [0.29, 0.717) is 11.6 Å². The zero-order valence-electron chi connectivity index (χ0n) is 36.0. The number of cyclic esters (lactones) is 1. The molecule has 4 saturated heterocycles. The number of amides is 6. The zero-order chi connectivity index (χ0) is 46.8. The van der Waals surface area contributed by atoms with Crippen molar-refractivity contribution in [1.29, 1.82) is 0 Å². The fourth-order valence-corrected chi connectivity index (χ4v) is 9.16. The van der Waals surface area contributed by atoms with Gasteiger partial charge in [-0.3, -0.25) is 33.3 Å². The number of nitrogens with zero attached hydrogens (tertiary/aromatic N) is 3. The van der Waals surface area contributed by atoms with Gasteiger partial charge in [0.15, 0.2) is 0 Å². The van der Waals surface area contributed by atoms with Crippen molar-refractivity contribution >= 4 is 49.2 Å². The Hall–Kier alpha value is -5.34. The second-order valence-corrected chi connectivity index (χ2v) is 18.2. The van der Waals surface area contributed by atoms with Crippen LogP contribution in [-0.2, 0) is 65.0 Å². The molecule has 0 aromatic heterocycles. The lowest BCUT2D eigenvalue weighted by molar-refractivity contribution is -0.164. The van der Waals surface area contributed by atoms with E-state index in [1.807, 2.05) is 19.9 Å². The molecule has 4 aliphatic rings. The van der Waals surface area contributed by atoms with E-state index in [0.717, 1.165) is 33.1 Å². The predicted molar refractivity (Wildman–Crippen MR) is 219 cm³/mol. The van der Waals surface area contributed by atoms with E-state index >= 15 is 0 Å². The number of halogens is 2. The van der Waals surface area contributed by atoms with Crippen molar-refractivity contribution in [3.63, 3.8) is 0 Å². The van der Waals surface area contributed by atoms with Crippen LogP contribution >= 0.6 is 7.82 Å². The summed E-state index contributed by atoms with van der Waals surface area (Å²) in [5.74, 6) is -8.25. The Kier molecular flexibility index (Phi) is 14.9. The first-order valence-electron chi connectivity index (χ1n) is 20.9. The van der Waals surface area contributed by atoms with Crippen molar-refractivity contribution in [3.8, 4) is 0 Å². The van der Waals surface area contributed by atoms with Crippen LogP contribution in [0.15, 0.2) is 36.4 Å². The molecule has 0 spiro atoms. The monoisotopic (exact) mass is 918 g/mol. The summed E-state index contributed by atoms with van der Waals surface area (Å²) in [6, 6.07) is -0.951. The lowest BCUT2D eigenvalue weighted by atomic mass is 10.0. The Morgan fingerprint density at radius 3 is 2.23 bits per heavy atom. The molecule has 4 fully saturated rings. The van der Waals surface area contributed by atoms with Gasteiger partial charge in [-0.1, -0.05) is 25.1 Å². The number of fused-ring (bicyclic) bond motifs is 3. The molecule has 0 unspecified atom stereocenters. The molecule has 6 rings (SSSR count). The Labute approximate surface area is 367 Å². The average molecular weight is 919 g/mol. The average Bonchev–Trinajstić information content (AvgIpc) is 3.82. The molecule has 64 heavy (non-hydrogen) atoms. The van der Waals surface area contributed by atoms with Gasteiger partial charge in [0.25, 0.3) is 0 Å². The van der Waals surface area contributed by atoms with Crippen LogP contribution in [0.2, 0.25) is 0 Å². The van der Waals surface area contributed by atoms with Crippen LogP contribution in [0.25, 0.3) is 0 Å². The lowest BCUT2D eigenvalue weighted by Gasteiger charge is -2.39. The molecule has 0 radical (unpaired) electrons. The number of morpholine rings is 1. The van der Waals surface area contributed by atoms with Crippen LogP contribution in [-0.4, -0.2) is 147 Å². The number of nitrogens with one attached hydrogen (secondary N) is 3. The van der Waals surface area contributed by atoms with Gasteiger partial charge >= 0.3 is 13.8 Å². The van der Waals surface area contributed by atoms with Crippen molar-refractivity contribution in [3.05, 3.63) is 70.3 Å². The van der Waals surface area contributed by atoms with E-state index in [2.05, 4.69) is 16.0 Å². The minimum Gasteiger partial charge on any atom is -0.458 e. The third kappa shape index (κ3) is 11.5. The number of hydrogen-bond donors (Lipinski definition) is 5. The Balaban J connectivity index is 1.39. The number of carbonyl (C=O) groups excluding carboxylic acids is 7. The topological polar surface area (TPSA) is 251 Å². The molecule has 22 heteroatoms. The number of aryl methyl sites for hydroxylation is 2. The first-order valence-corrected chi connectivity index (χ1v) is 22.5. The van der Waals surface area contributed by atoms with Gasteiger partial charge in [0.2, 0.25) is 35.4 Å². The van der Waals surface area contributed by atoms with Gasteiger partial charge in [-0.25, -0.2) is 18.1 Å². The fourth-order valence-electron chi connectivity index (χ4n) is 8.61. The minimum atomic E-state index is -5.22. The SMILES string of the molecule is Cc1ccc(CC(=O)N[C@@H](Cc2cc(F)cc(F)c2)C(=O)N[C@@H]2C(=O)N3C[C@H](OP(=O)(O)O)C[C@H]3C(=O)N3CCOC[C@H]3C(=O)N[C@@H](C)C(=O)N3C[C@H](C)C[C@H]3C(=O)O[C@H]2C)cc1C. The highest BCUT2D eigenvalue weighted by Gasteiger charge is 2.50. The van der Waals surface area contributed by atoms with Crippen LogP contribution < -0.4 is 16.0 Å². The fraction of sp³-hybridized carbons (Fsp3) is 0.548. The van der Waals surface area contributed by atoms with E-state index in [9.17, 15) is 56.7 Å². The van der Waals surface area contributed by atoms with Crippen LogP contribution in [0.5, 0.6) is 0 Å². The number of phosphoric ester groups is 1. The van der Waals surface area contributed by atoms with E-state index in [-0.39, 0.29) is 50.6 Å². The molecule has 4 aliphatic heterocycles. The summed E-state index contributed by atoms with van der Waals surface area (Å²) in [4.78, 5) is 122. The van der Waals surface area contributed by atoms with Gasteiger partial charge in [-0.2, -0.15) is 0 Å². The highest BCUT2D eigenvalue weighted by Crippen LogP contribution is 2.41. The van der Waals surface area contributed by atoms with Gasteiger partial charge in [-0.05, 0) is 74.4 Å². The van der Waals surface area contributed by atoms with Crippen molar-refractivity contribution in [2.24, 2.45) is 5.92 Å². The van der Waals surface area contributed by atoms with Gasteiger partial charge in [-0.15, -0.1) is 0 Å². The second kappa shape index (κ2) is 19.8. The Morgan fingerprint density at radius 1 is 0.875 bits per heavy atom. The van der Waals surface area contributed by atoms with Gasteiger partial charge in [0.05, 0.1) is 25.7 Å². The molecule has 0 bridgehead atoms. The summed E-state index contributed by atoms with van der Waals surface area (Å²) in [7, 11) is -5.22. The molecule has 4 heterocycles. The van der Waals surface area contributed by atoms with Crippen LogP contribution in [0, 0.1) is 31.4 Å². The molecule has 2 aromatic rings. The normalized spacial score (nSPS) is 27.6. The number of carbonyl (C=O) groups is 7. The first-order chi connectivity index (χ1) is 30.1. The lowest BCUT2D eigenvalue weighted by Crippen LogP contribution is -2.64. The van der Waals surface area contributed by atoms with Crippen molar-refractivity contribution < 1.29 is 70.7 Å². The summed E-state index contributed by atoms with van der Waals surface area (Å²) in [6.45, 7) is 7.19.